The average molecular weight is 756 g/mol. The summed E-state index contributed by atoms with van der Waals surface area (Å²) in [7, 11) is 0. The Labute approximate surface area is 323 Å². The van der Waals surface area contributed by atoms with E-state index in [9.17, 15) is 14.4 Å². The third-order valence-electron chi connectivity index (χ3n) is 10.9. The summed E-state index contributed by atoms with van der Waals surface area (Å²) in [5.74, 6) is 1.31. The lowest BCUT2D eigenvalue weighted by molar-refractivity contribution is -0.142. The second-order valence-electron chi connectivity index (χ2n) is 15.4. The molecule has 3 fully saturated rings. The molecule has 11 nitrogen and oxygen atoms in total. The van der Waals surface area contributed by atoms with Crippen LogP contribution in [-0.4, -0.2) is 68.5 Å². The summed E-state index contributed by atoms with van der Waals surface area (Å²) in [5, 5.41) is 9.56. The Morgan fingerprint density at radius 1 is 0.818 bits per heavy atom. The first-order valence-electron chi connectivity index (χ1n) is 19.5. The van der Waals surface area contributed by atoms with Gasteiger partial charge in [-0.2, -0.15) is 0 Å². The monoisotopic (exact) mass is 755 g/mol. The second-order valence-corrected chi connectivity index (χ2v) is 15.4. The van der Waals surface area contributed by atoms with Crippen LogP contribution >= 0.6 is 0 Å². The number of benzene rings is 3. The fourth-order valence-electron chi connectivity index (χ4n) is 7.60. The number of nitrogens with one attached hydrogen (secondary N) is 1. The molecule has 1 unspecified atom stereocenters. The van der Waals surface area contributed by atoms with Crippen molar-refractivity contribution in [3.63, 3.8) is 0 Å². The van der Waals surface area contributed by atoms with Gasteiger partial charge in [0.05, 0.1) is 37.4 Å². The van der Waals surface area contributed by atoms with E-state index >= 15 is 0 Å². The van der Waals surface area contributed by atoms with E-state index in [1.165, 1.54) is 0 Å². The number of hydrogen-bond acceptors (Lipinski definition) is 11. The van der Waals surface area contributed by atoms with Crippen molar-refractivity contribution in [2.24, 2.45) is 17.8 Å². The van der Waals surface area contributed by atoms with Crippen LogP contribution in [0.25, 0.3) is 10.8 Å². The molecule has 0 bridgehead atoms. The molecule has 3 aromatic rings. The summed E-state index contributed by atoms with van der Waals surface area (Å²) >= 11 is 0. The number of rotatable bonds is 17. The van der Waals surface area contributed by atoms with Gasteiger partial charge in [0.25, 0.3) is 0 Å². The van der Waals surface area contributed by atoms with Crippen LogP contribution in [-0.2, 0) is 28.5 Å². The SMILES string of the molecule is C=C(C)C(=O)OCCOC1CCC(C2CCC(C(=O)Oc3ccc4c(C=N)c(OC(=O)c5ccc(OCCCOC6OC6(C)C)cc5)ccc4c3)CC2)CC1. The standard InChI is InChI=1S/C44H53NO10/c1-28(2)40(46)51-25-24-50-35-15-10-30(11-16-35)29-6-8-31(9-7-29)41(47)53-36-19-20-37-33(26-36)14-21-39(38(37)27-45)54-42(48)32-12-17-34(18-13-32)49-22-5-23-52-43-44(3,4)55-43/h12-14,17-21,26-27,29-31,35,43,45H,1,5-11,15-16,22-25H2,2-4H3. The lowest BCUT2D eigenvalue weighted by Crippen LogP contribution is -2.31. The first-order valence-corrected chi connectivity index (χ1v) is 19.5. The van der Waals surface area contributed by atoms with Crippen molar-refractivity contribution in [3.8, 4) is 17.2 Å². The van der Waals surface area contributed by atoms with Crippen LogP contribution < -0.4 is 14.2 Å². The topological polar surface area (TPSA) is 143 Å². The van der Waals surface area contributed by atoms with Crippen molar-refractivity contribution in [1.82, 2.24) is 0 Å². The predicted molar refractivity (Wildman–Crippen MR) is 207 cm³/mol. The van der Waals surface area contributed by atoms with Gasteiger partial charge in [0.2, 0.25) is 0 Å². The molecule has 1 aliphatic heterocycles. The third-order valence-corrected chi connectivity index (χ3v) is 10.9. The van der Waals surface area contributed by atoms with Crippen molar-refractivity contribution in [2.75, 3.05) is 26.4 Å². The number of carbonyl (C=O) groups excluding carboxylic acids is 3. The minimum atomic E-state index is -0.549. The van der Waals surface area contributed by atoms with Gasteiger partial charge in [-0.1, -0.05) is 12.6 Å². The van der Waals surface area contributed by atoms with Crippen LogP contribution in [0.3, 0.4) is 0 Å². The number of epoxide rings is 1. The van der Waals surface area contributed by atoms with Crippen LogP contribution in [0.4, 0.5) is 0 Å². The summed E-state index contributed by atoms with van der Waals surface area (Å²) in [6, 6.07) is 15.5. The molecule has 0 amide bonds. The molecule has 3 aromatic carbocycles. The van der Waals surface area contributed by atoms with Crippen LogP contribution in [0.2, 0.25) is 0 Å². The molecule has 1 atom stereocenters. The maximum Gasteiger partial charge on any atom is 0.343 e. The maximum absolute atomic E-state index is 13.2. The van der Waals surface area contributed by atoms with Gasteiger partial charge in [0.15, 0.2) is 6.29 Å². The number of fused-ring (bicyclic) bond motifs is 1. The zero-order valence-corrected chi connectivity index (χ0v) is 32.1. The lowest BCUT2D eigenvalue weighted by Gasteiger charge is -2.37. The molecular weight excluding hydrogens is 702 g/mol. The highest BCUT2D eigenvalue weighted by molar-refractivity contribution is 6.03. The first-order chi connectivity index (χ1) is 26.5. The molecule has 1 N–H and O–H groups in total. The quantitative estimate of drug-likeness (QED) is 0.0356. The van der Waals surface area contributed by atoms with Gasteiger partial charge in [-0.25, -0.2) is 9.59 Å². The summed E-state index contributed by atoms with van der Waals surface area (Å²) in [4.78, 5) is 37.8. The minimum absolute atomic E-state index is 0.136. The van der Waals surface area contributed by atoms with Crippen LogP contribution in [0, 0.1) is 23.2 Å². The van der Waals surface area contributed by atoms with Gasteiger partial charge < -0.3 is 38.6 Å². The van der Waals surface area contributed by atoms with Crippen molar-refractivity contribution in [2.45, 2.75) is 96.6 Å². The zero-order chi connectivity index (χ0) is 39.0. The molecule has 1 heterocycles. The molecular formula is C44H53NO10. The van der Waals surface area contributed by atoms with Crippen molar-refractivity contribution >= 4 is 34.9 Å². The largest absolute Gasteiger partial charge is 0.494 e. The summed E-state index contributed by atoms with van der Waals surface area (Å²) < 4.78 is 39.5. The fourth-order valence-corrected chi connectivity index (χ4v) is 7.60. The fraction of sp³-hybridized carbons (Fsp3) is 0.500. The van der Waals surface area contributed by atoms with E-state index in [0.717, 1.165) is 63.0 Å². The third kappa shape index (κ3) is 10.8. The van der Waals surface area contributed by atoms with Gasteiger partial charge in [-0.05, 0) is 143 Å². The van der Waals surface area contributed by atoms with Gasteiger partial charge >= 0.3 is 17.9 Å². The molecule has 2 saturated carbocycles. The van der Waals surface area contributed by atoms with E-state index < -0.39 is 5.97 Å². The normalized spacial score (nSPS) is 23.0. The van der Waals surface area contributed by atoms with E-state index in [2.05, 4.69) is 6.58 Å². The molecule has 55 heavy (non-hydrogen) atoms. The smallest absolute Gasteiger partial charge is 0.343 e. The Morgan fingerprint density at radius 2 is 1.49 bits per heavy atom. The second kappa shape index (κ2) is 18.4. The molecule has 294 valence electrons. The number of carbonyl (C=O) groups is 3. The molecule has 2 aliphatic carbocycles. The van der Waals surface area contributed by atoms with E-state index in [1.54, 1.807) is 61.5 Å². The highest BCUT2D eigenvalue weighted by Crippen LogP contribution is 2.41. The Morgan fingerprint density at radius 3 is 2.15 bits per heavy atom. The Bertz CT molecular complexity index is 1840. The summed E-state index contributed by atoms with van der Waals surface area (Å²) in [6.45, 7) is 10.8. The molecule has 0 spiro atoms. The van der Waals surface area contributed by atoms with Gasteiger partial charge in [0, 0.05) is 23.8 Å². The van der Waals surface area contributed by atoms with E-state index in [1.807, 2.05) is 13.8 Å². The van der Waals surface area contributed by atoms with Gasteiger partial charge in [-0.15, -0.1) is 0 Å². The average Bonchev–Trinajstić information content (AvgIpc) is 3.81. The van der Waals surface area contributed by atoms with Crippen LogP contribution in [0.15, 0.2) is 66.7 Å². The van der Waals surface area contributed by atoms with Crippen molar-refractivity contribution in [3.05, 3.63) is 77.9 Å². The number of hydrogen-bond donors (Lipinski definition) is 1. The van der Waals surface area contributed by atoms with E-state index in [-0.39, 0.29) is 48.2 Å². The Kier molecular flexibility index (Phi) is 13.4. The molecule has 1 saturated heterocycles. The predicted octanol–water partition coefficient (Wildman–Crippen LogP) is 8.38. The van der Waals surface area contributed by atoms with Gasteiger partial charge in [0.1, 0.15) is 29.5 Å². The number of esters is 3. The highest BCUT2D eigenvalue weighted by Gasteiger charge is 2.49. The summed E-state index contributed by atoms with van der Waals surface area (Å²) in [5.41, 5.74) is 0.992. The number of ether oxygens (including phenoxy) is 7. The van der Waals surface area contributed by atoms with E-state index in [0.29, 0.717) is 71.7 Å². The Hall–Kier alpha value is -4.58. The molecule has 0 radical (unpaired) electrons. The van der Waals surface area contributed by atoms with Crippen LogP contribution in [0.1, 0.15) is 94.5 Å². The molecule has 11 heteroatoms. The lowest BCUT2D eigenvalue weighted by atomic mass is 9.70. The molecule has 3 aliphatic rings. The van der Waals surface area contributed by atoms with Gasteiger partial charge in [-0.3, -0.25) is 4.79 Å². The molecule has 6 rings (SSSR count). The Balaban J connectivity index is 0.931. The van der Waals surface area contributed by atoms with E-state index in [4.69, 9.17) is 38.6 Å². The maximum atomic E-state index is 13.2. The minimum Gasteiger partial charge on any atom is -0.494 e. The van der Waals surface area contributed by atoms with Crippen molar-refractivity contribution < 1.29 is 47.5 Å². The van der Waals surface area contributed by atoms with Crippen molar-refractivity contribution in [1.29, 1.82) is 5.41 Å². The molecule has 0 aromatic heterocycles. The van der Waals surface area contributed by atoms with Crippen LogP contribution in [0.5, 0.6) is 17.2 Å². The first kappa shape index (κ1) is 40.1. The summed E-state index contributed by atoms with van der Waals surface area (Å²) in [6.07, 6.45) is 9.81. The highest BCUT2D eigenvalue weighted by atomic mass is 16.8. The zero-order valence-electron chi connectivity index (χ0n) is 32.1.